The number of rotatable bonds is 7. The number of nitrogens with one attached hydrogen (secondary N) is 2. The van der Waals surface area contributed by atoms with Gasteiger partial charge in [0, 0.05) is 37.5 Å². The lowest BCUT2D eigenvalue weighted by Gasteiger charge is -2.13. The van der Waals surface area contributed by atoms with Gasteiger partial charge in [0.2, 0.25) is 0 Å². The quantitative estimate of drug-likeness (QED) is 0.324. The molecular formula is C21H26F3N7O. The number of allylic oxidation sites excluding steroid dienone is 1. The molecule has 7 N–H and O–H groups in total. The monoisotopic (exact) mass is 449 g/mol. The van der Waals surface area contributed by atoms with Crippen LogP contribution < -0.4 is 22.1 Å². The maximum absolute atomic E-state index is 12.9. The summed E-state index contributed by atoms with van der Waals surface area (Å²) in [5.74, 6) is -0.0426. The third-order valence-corrected chi connectivity index (χ3v) is 4.48. The van der Waals surface area contributed by atoms with E-state index in [0.29, 0.717) is 35.1 Å². The zero-order valence-electron chi connectivity index (χ0n) is 18.2. The summed E-state index contributed by atoms with van der Waals surface area (Å²) in [7, 11) is 1.14. The van der Waals surface area contributed by atoms with E-state index in [1.165, 1.54) is 12.3 Å². The van der Waals surface area contributed by atoms with Crippen LogP contribution in [0, 0.1) is 13.8 Å². The van der Waals surface area contributed by atoms with Crippen LogP contribution in [0.25, 0.3) is 0 Å². The van der Waals surface area contributed by atoms with Gasteiger partial charge in [0.05, 0.1) is 16.9 Å². The Kier molecular flexibility index (Phi) is 7.68. The molecule has 0 aliphatic carbocycles. The fourth-order valence-electron chi connectivity index (χ4n) is 2.83. The van der Waals surface area contributed by atoms with Crippen molar-refractivity contribution >= 4 is 28.9 Å². The molecule has 0 atom stereocenters. The van der Waals surface area contributed by atoms with E-state index < -0.39 is 11.9 Å². The van der Waals surface area contributed by atoms with Gasteiger partial charge in [-0.25, -0.2) is 15.0 Å². The number of phenolic OH excluding ortho intramolecular Hbond substituents is 1. The molecule has 0 fully saturated rings. The lowest BCUT2D eigenvalue weighted by Crippen LogP contribution is -2.25. The predicted molar refractivity (Wildman–Crippen MR) is 121 cm³/mol. The summed E-state index contributed by atoms with van der Waals surface area (Å²) in [5, 5.41) is 15.1. The number of phenols is 1. The molecule has 2 aromatic rings. The molecule has 8 nitrogen and oxygen atoms in total. The van der Waals surface area contributed by atoms with E-state index in [1.54, 1.807) is 19.1 Å². The van der Waals surface area contributed by atoms with Gasteiger partial charge in [-0.05, 0) is 32.4 Å². The number of hydrogen-bond donors (Lipinski definition) is 5. The van der Waals surface area contributed by atoms with Crippen molar-refractivity contribution in [1.82, 2.24) is 10.3 Å². The molecule has 11 heteroatoms. The fraction of sp³-hybridized carbons (Fsp3) is 0.286. The molecule has 172 valence electrons. The summed E-state index contributed by atoms with van der Waals surface area (Å²) < 4.78 is 38.6. The van der Waals surface area contributed by atoms with Crippen molar-refractivity contribution in [2.24, 2.45) is 21.5 Å². The lowest BCUT2D eigenvalue weighted by molar-refractivity contribution is -0.0958. The third kappa shape index (κ3) is 5.90. The van der Waals surface area contributed by atoms with Crippen molar-refractivity contribution in [3.8, 4) is 5.75 Å². The zero-order chi connectivity index (χ0) is 24.1. The zero-order valence-corrected chi connectivity index (χ0v) is 18.2. The predicted octanol–water partition coefficient (Wildman–Crippen LogP) is 3.53. The highest BCUT2D eigenvalue weighted by Gasteiger charge is 2.33. The number of aliphatic imine (C=N–C) groups is 2. The molecular weight excluding hydrogens is 423 g/mol. The topological polar surface area (TPSA) is 134 Å². The Balaban J connectivity index is 2.48. The van der Waals surface area contributed by atoms with Crippen LogP contribution in [0.3, 0.4) is 0 Å². The molecule has 2 rings (SSSR count). The Morgan fingerprint density at radius 2 is 1.91 bits per heavy atom. The standard InChI is InChI=1S/C21H26F3N7O/c1-5-28-14-8-18(30-17(25)9-16(27-4)21(22,23)24)29-10-13(14)20(26)31-19-11(2)6-7-15(32)12(19)3/h6-10,27,32H,5H2,1-4H3,(H2,26,31)(H3,25,28,29,30)/b16-9-. The van der Waals surface area contributed by atoms with Crippen LogP contribution in [0.4, 0.5) is 30.4 Å². The molecule has 0 aliphatic heterocycles. The number of nitrogens with two attached hydrogens (primary N) is 2. The van der Waals surface area contributed by atoms with Crippen LogP contribution in [0.15, 0.2) is 46.2 Å². The SMILES string of the molecule is CCNc1cc(N=C(N)/C=C(\NC)C(F)(F)F)ncc1C(N)=Nc1c(C)ccc(O)c1C. The van der Waals surface area contributed by atoms with Crippen LogP contribution in [-0.4, -0.2) is 41.5 Å². The highest BCUT2D eigenvalue weighted by molar-refractivity contribution is 6.04. The summed E-state index contributed by atoms with van der Waals surface area (Å²) in [5.41, 5.74) is 13.8. The Bertz CT molecular complexity index is 1080. The van der Waals surface area contributed by atoms with E-state index in [9.17, 15) is 18.3 Å². The van der Waals surface area contributed by atoms with Crippen LogP contribution in [0.5, 0.6) is 5.75 Å². The maximum atomic E-state index is 12.9. The number of hydrogen-bond acceptors (Lipinski definition) is 6. The van der Waals surface area contributed by atoms with Gasteiger partial charge in [-0.2, -0.15) is 13.2 Å². The number of halogens is 3. The van der Waals surface area contributed by atoms with Gasteiger partial charge in [-0.3, -0.25) is 0 Å². The van der Waals surface area contributed by atoms with Gasteiger partial charge in [0.15, 0.2) is 5.82 Å². The number of anilines is 1. The Labute approximate surface area is 184 Å². The molecule has 0 amide bonds. The third-order valence-electron chi connectivity index (χ3n) is 4.48. The molecule has 0 saturated heterocycles. The average molecular weight is 449 g/mol. The van der Waals surface area contributed by atoms with Crippen molar-refractivity contribution in [2.75, 3.05) is 18.9 Å². The van der Waals surface area contributed by atoms with Crippen molar-refractivity contribution in [2.45, 2.75) is 26.9 Å². The smallest absolute Gasteiger partial charge is 0.431 e. The molecule has 0 unspecified atom stereocenters. The average Bonchev–Trinajstić information content (AvgIpc) is 2.71. The van der Waals surface area contributed by atoms with Crippen LogP contribution in [0.2, 0.25) is 0 Å². The van der Waals surface area contributed by atoms with E-state index in [2.05, 4.69) is 20.3 Å². The molecule has 0 saturated carbocycles. The van der Waals surface area contributed by atoms with Gasteiger partial charge in [0.1, 0.15) is 23.1 Å². The molecule has 32 heavy (non-hydrogen) atoms. The number of alkyl halides is 3. The molecule has 1 aromatic carbocycles. The molecule has 0 spiro atoms. The largest absolute Gasteiger partial charge is 0.508 e. The van der Waals surface area contributed by atoms with Crippen molar-refractivity contribution in [1.29, 1.82) is 0 Å². The Morgan fingerprint density at radius 3 is 2.50 bits per heavy atom. The molecule has 1 heterocycles. The van der Waals surface area contributed by atoms with Crippen molar-refractivity contribution in [3.63, 3.8) is 0 Å². The minimum Gasteiger partial charge on any atom is -0.508 e. The van der Waals surface area contributed by atoms with Crippen LogP contribution in [-0.2, 0) is 0 Å². The summed E-state index contributed by atoms with van der Waals surface area (Å²) in [6, 6.07) is 4.82. The van der Waals surface area contributed by atoms with Crippen LogP contribution in [0.1, 0.15) is 23.6 Å². The second-order valence-corrected chi connectivity index (χ2v) is 6.83. The van der Waals surface area contributed by atoms with Gasteiger partial charge >= 0.3 is 6.18 Å². The first-order valence-electron chi connectivity index (χ1n) is 9.66. The summed E-state index contributed by atoms with van der Waals surface area (Å²) >= 11 is 0. The van der Waals surface area contributed by atoms with Gasteiger partial charge in [0.25, 0.3) is 0 Å². The number of aryl methyl sites for hydroxylation is 1. The minimum atomic E-state index is -4.59. The summed E-state index contributed by atoms with van der Waals surface area (Å²) in [6.07, 6.45) is -2.50. The second-order valence-electron chi connectivity index (χ2n) is 6.83. The second kappa shape index (κ2) is 10.0. The van der Waals surface area contributed by atoms with E-state index in [4.69, 9.17) is 11.5 Å². The highest BCUT2D eigenvalue weighted by Crippen LogP contribution is 2.31. The molecule has 0 bridgehead atoms. The molecule has 0 radical (unpaired) electrons. The first kappa shape index (κ1) is 24.5. The summed E-state index contributed by atoms with van der Waals surface area (Å²) in [4.78, 5) is 12.5. The number of nitrogens with zero attached hydrogens (tertiary/aromatic N) is 3. The van der Waals surface area contributed by atoms with Crippen molar-refractivity contribution in [3.05, 3.63) is 52.9 Å². The lowest BCUT2D eigenvalue weighted by atomic mass is 10.1. The first-order chi connectivity index (χ1) is 15.0. The van der Waals surface area contributed by atoms with E-state index in [-0.39, 0.29) is 23.2 Å². The maximum Gasteiger partial charge on any atom is 0.431 e. The Hall–Kier alpha value is -3.76. The Morgan fingerprint density at radius 1 is 1.22 bits per heavy atom. The normalized spacial score (nSPS) is 13.3. The van der Waals surface area contributed by atoms with E-state index in [0.717, 1.165) is 12.6 Å². The van der Waals surface area contributed by atoms with Gasteiger partial charge < -0.3 is 27.2 Å². The minimum absolute atomic E-state index is 0.0913. The van der Waals surface area contributed by atoms with Crippen molar-refractivity contribution < 1.29 is 18.3 Å². The molecule has 1 aromatic heterocycles. The molecule has 0 aliphatic rings. The number of amidine groups is 2. The number of aromatic nitrogens is 1. The summed E-state index contributed by atoms with van der Waals surface area (Å²) in [6.45, 7) is 5.97. The highest BCUT2D eigenvalue weighted by atomic mass is 19.4. The van der Waals surface area contributed by atoms with Gasteiger partial charge in [-0.15, -0.1) is 0 Å². The van der Waals surface area contributed by atoms with Crippen LogP contribution >= 0.6 is 0 Å². The number of pyridine rings is 1. The first-order valence-corrected chi connectivity index (χ1v) is 9.66. The number of aromatic hydroxyl groups is 1. The van der Waals surface area contributed by atoms with E-state index in [1.807, 2.05) is 19.2 Å². The fourth-order valence-corrected chi connectivity index (χ4v) is 2.83. The number of benzene rings is 1. The van der Waals surface area contributed by atoms with Gasteiger partial charge in [-0.1, -0.05) is 6.07 Å². The van der Waals surface area contributed by atoms with E-state index >= 15 is 0 Å².